The molecule has 0 heterocycles. The molecule has 0 saturated heterocycles. The van der Waals surface area contributed by atoms with Crippen LogP contribution in [0.4, 0.5) is 4.79 Å². The fourth-order valence-corrected chi connectivity index (χ4v) is 2.13. The molecule has 0 aliphatic carbocycles. The number of unbranched alkanes of at least 4 members (excludes halogenated alkanes) is 7. The number of nitrogens with two attached hydrogens (primary N) is 2. The maximum absolute atomic E-state index is 10.4. The third-order valence-electron chi connectivity index (χ3n) is 3.14. The number of carbonyl (C=O) groups is 3. The lowest BCUT2D eigenvalue weighted by atomic mass is 10.1. The van der Waals surface area contributed by atoms with E-state index in [1.165, 1.54) is 19.3 Å². The molecule has 156 valence electrons. The predicted molar refractivity (Wildman–Crippen MR) is 106 cm³/mol. The number of carbonyl (C=O) groups excluding carboxylic acids is 2. The average molecular weight is 417 g/mol. The molecule has 9 heteroatoms. The van der Waals surface area contributed by atoms with Crippen LogP contribution >= 0.6 is 23.2 Å². The Labute approximate surface area is 166 Å². The largest absolute Gasteiger partial charge is 0.503 e. The molecule has 0 fully saturated rings. The zero-order valence-corrected chi connectivity index (χ0v) is 17.1. The average Bonchev–Trinajstić information content (AvgIpc) is 2.49. The van der Waals surface area contributed by atoms with E-state index in [1.807, 2.05) is 0 Å². The van der Waals surface area contributed by atoms with Crippen molar-refractivity contribution in [3.63, 3.8) is 0 Å². The van der Waals surface area contributed by atoms with Crippen LogP contribution in [0.15, 0.2) is 0 Å². The van der Waals surface area contributed by atoms with Gasteiger partial charge in [-0.25, -0.2) is 4.79 Å². The lowest BCUT2D eigenvalue weighted by Gasteiger charge is -2.01. The van der Waals surface area contributed by atoms with Crippen molar-refractivity contribution in [3.05, 3.63) is 0 Å². The van der Waals surface area contributed by atoms with Gasteiger partial charge in [-0.05, 0) is 42.5 Å². The van der Waals surface area contributed by atoms with Crippen molar-refractivity contribution >= 4 is 39.8 Å². The Balaban J connectivity index is -0.000000370. The summed E-state index contributed by atoms with van der Waals surface area (Å²) in [5.41, 5.74) is 10.6. The summed E-state index contributed by atoms with van der Waals surface area (Å²) in [5, 5.41) is 13.4. The topological polar surface area (TPSA) is 144 Å². The van der Waals surface area contributed by atoms with Gasteiger partial charge in [0.2, 0.25) is 10.5 Å². The first-order valence-electron chi connectivity index (χ1n) is 8.93. The van der Waals surface area contributed by atoms with Gasteiger partial charge in [0.1, 0.15) is 0 Å². The van der Waals surface area contributed by atoms with Gasteiger partial charge in [0.05, 0.1) is 6.17 Å². The van der Waals surface area contributed by atoms with Gasteiger partial charge in [-0.1, -0.05) is 51.9 Å². The molecule has 0 saturated carbocycles. The van der Waals surface area contributed by atoms with Gasteiger partial charge in [-0.2, -0.15) is 0 Å². The lowest BCUT2D eigenvalue weighted by Crippen LogP contribution is -2.29. The summed E-state index contributed by atoms with van der Waals surface area (Å²) in [4.78, 5) is 29.3. The molecule has 7 nitrogen and oxygen atoms in total. The van der Waals surface area contributed by atoms with E-state index in [0.29, 0.717) is 12.8 Å². The van der Waals surface area contributed by atoms with Crippen molar-refractivity contribution in [2.75, 3.05) is 0 Å². The summed E-state index contributed by atoms with van der Waals surface area (Å²) in [6.07, 6.45) is 9.67. The van der Waals surface area contributed by atoms with E-state index < -0.39 is 6.16 Å². The molecule has 0 aliphatic heterocycles. The van der Waals surface area contributed by atoms with Crippen molar-refractivity contribution < 1.29 is 24.6 Å². The van der Waals surface area contributed by atoms with Crippen LogP contribution in [0.25, 0.3) is 0 Å². The Kier molecular flexibility index (Phi) is 27.7. The third-order valence-corrected chi connectivity index (χ3v) is 3.52. The molecular formula is C17H34Cl2N2O5. The van der Waals surface area contributed by atoms with Gasteiger partial charge in [0, 0.05) is 12.8 Å². The Bertz CT molecular complexity index is 332. The molecule has 0 amide bonds. The van der Waals surface area contributed by atoms with Crippen LogP contribution < -0.4 is 11.5 Å². The molecular weight excluding hydrogens is 383 g/mol. The van der Waals surface area contributed by atoms with Crippen LogP contribution in [0.2, 0.25) is 0 Å². The van der Waals surface area contributed by atoms with Gasteiger partial charge in [-0.3, -0.25) is 9.59 Å². The second kappa shape index (κ2) is 24.1. The molecule has 0 radical (unpaired) electrons. The Morgan fingerprint density at radius 2 is 1.12 bits per heavy atom. The predicted octanol–water partition coefficient (Wildman–Crippen LogP) is 4.67. The molecule has 0 aromatic rings. The molecule has 0 aliphatic rings. The molecule has 0 aromatic carbocycles. The van der Waals surface area contributed by atoms with Gasteiger partial charge in [-0.15, -0.1) is 0 Å². The van der Waals surface area contributed by atoms with E-state index in [9.17, 15) is 9.59 Å². The minimum absolute atomic E-state index is 0.0958. The fourth-order valence-electron chi connectivity index (χ4n) is 1.87. The summed E-state index contributed by atoms with van der Waals surface area (Å²) in [5.74, 6) is 0. The molecule has 0 unspecified atom stereocenters. The first-order valence-corrected chi connectivity index (χ1v) is 9.68. The highest BCUT2D eigenvalue weighted by Gasteiger charge is 1.97. The van der Waals surface area contributed by atoms with Crippen LogP contribution in [0.3, 0.4) is 0 Å². The third kappa shape index (κ3) is 49.5. The number of rotatable bonds is 13. The minimum Gasteiger partial charge on any atom is -0.450 e. The van der Waals surface area contributed by atoms with Crippen LogP contribution in [0.5, 0.6) is 0 Å². The van der Waals surface area contributed by atoms with Crippen LogP contribution in [-0.4, -0.2) is 33.0 Å². The molecule has 0 atom stereocenters. The monoisotopic (exact) mass is 416 g/mol. The first kappa shape index (κ1) is 29.9. The molecule has 0 spiro atoms. The maximum atomic E-state index is 10.4. The first-order chi connectivity index (χ1) is 12.1. The number of hydrogen-bond donors (Lipinski definition) is 4. The van der Waals surface area contributed by atoms with E-state index in [1.54, 1.807) is 0 Å². The Morgan fingerprint density at radius 1 is 0.769 bits per heavy atom. The smallest absolute Gasteiger partial charge is 0.450 e. The SMILES string of the molecule is CCCCCC(N)N.O=C(Cl)CCCCCCCCC(=O)Cl.O=C(O)O. The van der Waals surface area contributed by atoms with E-state index in [-0.39, 0.29) is 16.7 Å². The van der Waals surface area contributed by atoms with Crippen molar-refractivity contribution in [1.82, 2.24) is 0 Å². The summed E-state index contributed by atoms with van der Waals surface area (Å²) < 4.78 is 0. The zero-order valence-electron chi connectivity index (χ0n) is 15.6. The van der Waals surface area contributed by atoms with Gasteiger partial charge in [0.25, 0.3) is 0 Å². The molecule has 6 N–H and O–H groups in total. The minimum atomic E-state index is -1.83. The second-order valence-corrected chi connectivity index (χ2v) is 6.62. The van der Waals surface area contributed by atoms with E-state index in [4.69, 9.17) is 49.7 Å². The lowest BCUT2D eigenvalue weighted by molar-refractivity contribution is -0.112. The fraction of sp³-hybridized carbons (Fsp3) is 0.824. The summed E-state index contributed by atoms with van der Waals surface area (Å²) in [6.45, 7) is 2.17. The van der Waals surface area contributed by atoms with Gasteiger partial charge >= 0.3 is 6.16 Å². The van der Waals surface area contributed by atoms with E-state index in [2.05, 4.69) is 6.92 Å². The molecule has 0 aromatic heterocycles. The standard InChI is InChI=1S/C10H16Cl2O2.C6H16N2.CH2O3/c11-9(13)7-5-3-1-2-4-6-8-10(12)14;1-2-3-4-5-6(7)8;2-1(3)4/h1-8H2;6H,2-5,7-8H2,1H3;(H2,2,3,4). The normalized spacial score (nSPS) is 9.62. The number of hydrogen-bond acceptors (Lipinski definition) is 5. The number of carboxylic acid groups (broad SMARTS) is 2. The Morgan fingerprint density at radius 3 is 1.38 bits per heavy atom. The Hall–Kier alpha value is -0.890. The summed E-state index contributed by atoms with van der Waals surface area (Å²) >= 11 is 10.4. The highest BCUT2D eigenvalue weighted by molar-refractivity contribution is 6.63. The van der Waals surface area contributed by atoms with Crippen LogP contribution in [0.1, 0.15) is 84.0 Å². The zero-order chi connectivity index (χ0) is 20.8. The van der Waals surface area contributed by atoms with Crippen molar-refractivity contribution in [1.29, 1.82) is 0 Å². The summed E-state index contributed by atoms with van der Waals surface area (Å²) in [7, 11) is 0. The van der Waals surface area contributed by atoms with Crippen molar-refractivity contribution in [2.45, 2.75) is 90.1 Å². The van der Waals surface area contributed by atoms with Crippen molar-refractivity contribution in [3.8, 4) is 0 Å². The van der Waals surface area contributed by atoms with Crippen molar-refractivity contribution in [2.24, 2.45) is 11.5 Å². The van der Waals surface area contributed by atoms with Crippen LogP contribution in [-0.2, 0) is 9.59 Å². The highest BCUT2D eigenvalue weighted by Crippen LogP contribution is 2.10. The second-order valence-electron chi connectivity index (χ2n) is 5.77. The van der Waals surface area contributed by atoms with Crippen LogP contribution in [0, 0.1) is 0 Å². The molecule has 0 rings (SSSR count). The summed E-state index contributed by atoms with van der Waals surface area (Å²) in [6, 6.07) is 0. The maximum Gasteiger partial charge on any atom is 0.503 e. The molecule has 26 heavy (non-hydrogen) atoms. The van der Waals surface area contributed by atoms with E-state index >= 15 is 0 Å². The number of halogens is 2. The highest BCUT2D eigenvalue weighted by atomic mass is 35.5. The quantitative estimate of drug-likeness (QED) is 0.194. The van der Waals surface area contributed by atoms with E-state index in [0.717, 1.165) is 44.9 Å². The van der Waals surface area contributed by atoms with Gasteiger partial charge in [0.15, 0.2) is 0 Å². The van der Waals surface area contributed by atoms with Gasteiger partial charge < -0.3 is 21.7 Å². The molecule has 0 bridgehead atoms.